The molecular formula is C24H48N2O. The molecule has 3 heteroatoms. The highest BCUT2D eigenvalue weighted by Crippen LogP contribution is 2.13. The molecule has 0 bridgehead atoms. The van der Waals surface area contributed by atoms with Crippen LogP contribution in [0.25, 0.3) is 0 Å². The standard InChI is InChI=1S/C24H48N2O/c1-2-3-4-5-6-7-8-9-10-11-12-13-14-16-20-25-24(27)19-23-26-21-17-15-18-22-26/h2-23H2,1H3,(H,25,27). The predicted octanol–water partition coefficient (Wildman–Crippen LogP) is 6.46. The smallest absolute Gasteiger partial charge is 0.221 e. The quantitative estimate of drug-likeness (QED) is 0.277. The Bertz CT molecular complexity index is 326. The van der Waals surface area contributed by atoms with Gasteiger partial charge in [0, 0.05) is 19.5 Å². The molecule has 1 fully saturated rings. The van der Waals surface area contributed by atoms with Crippen LogP contribution in [-0.4, -0.2) is 37.0 Å². The number of unbranched alkanes of at least 4 members (excludes halogenated alkanes) is 13. The van der Waals surface area contributed by atoms with Gasteiger partial charge in [-0.3, -0.25) is 4.79 Å². The van der Waals surface area contributed by atoms with Crippen molar-refractivity contribution in [2.75, 3.05) is 26.2 Å². The van der Waals surface area contributed by atoms with E-state index in [9.17, 15) is 4.79 Å². The first-order valence-electron chi connectivity index (χ1n) is 12.3. The minimum Gasteiger partial charge on any atom is -0.356 e. The number of carbonyl (C=O) groups excluding carboxylic acids is 1. The lowest BCUT2D eigenvalue weighted by molar-refractivity contribution is -0.121. The fourth-order valence-corrected chi connectivity index (χ4v) is 4.08. The molecular weight excluding hydrogens is 332 g/mol. The Hall–Kier alpha value is -0.570. The second-order valence-corrected chi connectivity index (χ2v) is 8.60. The van der Waals surface area contributed by atoms with Crippen LogP contribution >= 0.6 is 0 Å². The fraction of sp³-hybridized carbons (Fsp3) is 0.958. The van der Waals surface area contributed by atoms with Crippen LogP contribution in [0.2, 0.25) is 0 Å². The van der Waals surface area contributed by atoms with Crippen molar-refractivity contribution in [2.24, 2.45) is 0 Å². The lowest BCUT2D eigenvalue weighted by atomic mass is 10.0. The number of nitrogens with zero attached hydrogens (tertiary/aromatic N) is 1. The SMILES string of the molecule is CCCCCCCCCCCCCCCCNC(=O)CCN1CCCCC1. The zero-order chi connectivity index (χ0) is 19.4. The molecule has 1 amide bonds. The minimum absolute atomic E-state index is 0.246. The van der Waals surface area contributed by atoms with Crippen molar-refractivity contribution in [1.29, 1.82) is 0 Å². The molecule has 1 N–H and O–H groups in total. The van der Waals surface area contributed by atoms with Gasteiger partial charge < -0.3 is 10.2 Å². The molecule has 0 aromatic carbocycles. The number of hydrogen-bond acceptors (Lipinski definition) is 2. The first-order chi connectivity index (χ1) is 13.3. The van der Waals surface area contributed by atoms with Crippen LogP contribution in [0.1, 0.15) is 122 Å². The van der Waals surface area contributed by atoms with Gasteiger partial charge in [-0.25, -0.2) is 0 Å². The van der Waals surface area contributed by atoms with Gasteiger partial charge in [-0.2, -0.15) is 0 Å². The van der Waals surface area contributed by atoms with Crippen LogP contribution in [0, 0.1) is 0 Å². The summed E-state index contributed by atoms with van der Waals surface area (Å²) in [6.45, 7) is 6.48. The van der Waals surface area contributed by atoms with E-state index < -0.39 is 0 Å². The Morgan fingerprint density at radius 1 is 0.704 bits per heavy atom. The molecule has 0 atom stereocenters. The normalized spacial score (nSPS) is 15.1. The monoisotopic (exact) mass is 380 g/mol. The summed E-state index contributed by atoms with van der Waals surface area (Å²) in [5.74, 6) is 0.246. The number of nitrogens with one attached hydrogen (secondary N) is 1. The third-order valence-electron chi connectivity index (χ3n) is 5.96. The fourth-order valence-electron chi connectivity index (χ4n) is 4.08. The largest absolute Gasteiger partial charge is 0.356 e. The molecule has 1 saturated heterocycles. The van der Waals surface area contributed by atoms with Gasteiger partial charge in [0.05, 0.1) is 0 Å². The third-order valence-corrected chi connectivity index (χ3v) is 5.96. The summed E-state index contributed by atoms with van der Waals surface area (Å²) < 4.78 is 0. The van der Waals surface area contributed by atoms with Gasteiger partial charge in [0.1, 0.15) is 0 Å². The summed E-state index contributed by atoms with van der Waals surface area (Å²) in [7, 11) is 0. The molecule has 1 aliphatic heterocycles. The molecule has 160 valence electrons. The number of carbonyl (C=O) groups is 1. The van der Waals surface area contributed by atoms with Gasteiger partial charge in [0.15, 0.2) is 0 Å². The molecule has 0 aromatic heterocycles. The predicted molar refractivity (Wildman–Crippen MR) is 118 cm³/mol. The maximum absolute atomic E-state index is 11.9. The molecule has 3 nitrogen and oxygen atoms in total. The van der Waals surface area contributed by atoms with E-state index in [1.165, 1.54) is 116 Å². The van der Waals surface area contributed by atoms with E-state index in [0.717, 1.165) is 19.5 Å². The van der Waals surface area contributed by atoms with E-state index >= 15 is 0 Å². The Balaban J connectivity index is 1.73. The number of likely N-dealkylation sites (tertiary alicyclic amines) is 1. The summed E-state index contributed by atoms with van der Waals surface area (Å²) >= 11 is 0. The van der Waals surface area contributed by atoms with Crippen molar-refractivity contribution in [3.05, 3.63) is 0 Å². The van der Waals surface area contributed by atoms with Gasteiger partial charge >= 0.3 is 0 Å². The van der Waals surface area contributed by atoms with Crippen LogP contribution in [-0.2, 0) is 4.79 Å². The van der Waals surface area contributed by atoms with Crippen LogP contribution in [0.15, 0.2) is 0 Å². The van der Waals surface area contributed by atoms with Crippen molar-refractivity contribution >= 4 is 5.91 Å². The lowest BCUT2D eigenvalue weighted by Crippen LogP contribution is -2.34. The second kappa shape index (κ2) is 18.8. The average molecular weight is 381 g/mol. The van der Waals surface area contributed by atoms with E-state index in [2.05, 4.69) is 17.1 Å². The first-order valence-corrected chi connectivity index (χ1v) is 12.3. The van der Waals surface area contributed by atoms with E-state index in [1.807, 2.05) is 0 Å². The Labute approximate surface area is 170 Å². The lowest BCUT2D eigenvalue weighted by Gasteiger charge is -2.25. The van der Waals surface area contributed by atoms with Crippen LogP contribution < -0.4 is 5.32 Å². The van der Waals surface area contributed by atoms with Gasteiger partial charge in [-0.15, -0.1) is 0 Å². The van der Waals surface area contributed by atoms with E-state index in [1.54, 1.807) is 0 Å². The van der Waals surface area contributed by atoms with Crippen molar-refractivity contribution < 1.29 is 4.79 Å². The summed E-state index contributed by atoms with van der Waals surface area (Å²) in [4.78, 5) is 14.3. The summed E-state index contributed by atoms with van der Waals surface area (Å²) in [5, 5.41) is 3.10. The Kier molecular flexibility index (Phi) is 17.0. The van der Waals surface area contributed by atoms with Gasteiger partial charge in [-0.05, 0) is 32.4 Å². The van der Waals surface area contributed by atoms with Crippen molar-refractivity contribution in [1.82, 2.24) is 10.2 Å². The van der Waals surface area contributed by atoms with Crippen molar-refractivity contribution in [3.63, 3.8) is 0 Å². The van der Waals surface area contributed by atoms with Crippen LogP contribution in [0.5, 0.6) is 0 Å². The molecule has 1 heterocycles. The highest BCUT2D eigenvalue weighted by molar-refractivity contribution is 5.75. The third kappa shape index (κ3) is 16.1. The number of rotatable bonds is 18. The molecule has 0 aliphatic carbocycles. The van der Waals surface area contributed by atoms with E-state index in [-0.39, 0.29) is 5.91 Å². The van der Waals surface area contributed by atoms with E-state index in [0.29, 0.717) is 6.42 Å². The molecule has 0 spiro atoms. The number of amides is 1. The molecule has 1 aliphatic rings. The molecule has 27 heavy (non-hydrogen) atoms. The Morgan fingerprint density at radius 3 is 1.70 bits per heavy atom. The highest BCUT2D eigenvalue weighted by atomic mass is 16.1. The minimum atomic E-state index is 0.246. The second-order valence-electron chi connectivity index (χ2n) is 8.60. The zero-order valence-electron chi connectivity index (χ0n) is 18.4. The van der Waals surface area contributed by atoms with Gasteiger partial charge in [0.25, 0.3) is 0 Å². The first kappa shape index (κ1) is 24.5. The van der Waals surface area contributed by atoms with Crippen molar-refractivity contribution in [3.8, 4) is 0 Å². The molecule has 0 radical (unpaired) electrons. The molecule has 1 rings (SSSR count). The molecule has 0 aromatic rings. The zero-order valence-corrected chi connectivity index (χ0v) is 18.4. The van der Waals surface area contributed by atoms with E-state index in [4.69, 9.17) is 0 Å². The maximum atomic E-state index is 11.9. The number of piperidine rings is 1. The molecule has 0 unspecified atom stereocenters. The summed E-state index contributed by atoms with van der Waals surface area (Å²) in [6.07, 6.45) is 24.0. The number of hydrogen-bond donors (Lipinski definition) is 1. The van der Waals surface area contributed by atoms with Crippen LogP contribution in [0.3, 0.4) is 0 Å². The average Bonchev–Trinajstić information content (AvgIpc) is 2.70. The maximum Gasteiger partial charge on any atom is 0.221 e. The van der Waals surface area contributed by atoms with Crippen molar-refractivity contribution in [2.45, 2.75) is 122 Å². The van der Waals surface area contributed by atoms with Crippen LogP contribution in [0.4, 0.5) is 0 Å². The summed E-state index contributed by atoms with van der Waals surface area (Å²) in [5.41, 5.74) is 0. The van der Waals surface area contributed by atoms with Gasteiger partial charge in [0.2, 0.25) is 5.91 Å². The van der Waals surface area contributed by atoms with Gasteiger partial charge in [-0.1, -0.05) is 96.8 Å². The molecule has 0 saturated carbocycles. The Morgan fingerprint density at radius 2 is 1.19 bits per heavy atom. The topological polar surface area (TPSA) is 32.3 Å². The summed E-state index contributed by atoms with van der Waals surface area (Å²) in [6, 6.07) is 0. The highest BCUT2D eigenvalue weighted by Gasteiger charge is 2.11.